The molecule has 0 radical (unpaired) electrons. The van der Waals surface area contributed by atoms with Gasteiger partial charge in [0.1, 0.15) is 0 Å². The minimum Gasteiger partial charge on any atom is -0.469 e. The van der Waals surface area contributed by atoms with Crippen molar-refractivity contribution < 1.29 is 14.3 Å². The summed E-state index contributed by atoms with van der Waals surface area (Å²) in [6.45, 7) is 5.71. The Labute approximate surface area is 109 Å². The Morgan fingerprint density at radius 3 is 2.39 bits per heavy atom. The Morgan fingerprint density at radius 2 is 1.83 bits per heavy atom. The van der Waals surface area contributed by atoms with Crippen LogP contribution in [0.5, 0.6) is 0 Å². The van der Waals surface area contributed by atoms with Crippen LogP contribution in [0, 0.1) is 5.92 Å². The van der Waals surface area contributed by atoms with E-state index in [-0.39, 0.29) is 23.8 Å². The van der Waals surface area contributed by atoms with Gasteiger partial charge in [0.15, 0.2) is 0 Å². The van der Waals surface area contributed by atoms with Crippen molar-refractivity contribution in [2.75, 3.05) is 26.7 Å². The summed E-state index contributed by atoms with van der Waals surface area (Å²) in [5.41, 5.74) is 0. The smallest absolute Gasteiger partial charge is 0.309 e. The first-order valence-corrected chi connectivity index (χ1v) is 6.65. The van der Waals surface area contributed by atoms with E-state index in [1.165, 1.54) is 13.5 Å². The Balaban J connectivity index is 2.30. The first-order valence-electron chi connectivity index (χ1n) is 6.65. The zero-order valence-corrected chi connectivity index (χ0v) is 11.6. The number of methoxy groups -OCH3 is 1. The molecule has 1 saturated heterocycles. The second-order valence-electron chi connectivity index (χ2n) is 4.92. The highest BCUT2D eigenvalue weighted by molar-refractivity contribution is 5.78. The average molecular weight is 256 g/mol. The number of hydrogen-bond acceptors (Lipinski definition) is 4. The van der Waals surface area contributed by atoms with Crippen LogP contribution in [0.25, 0.3) is 0 Å². The lowest BCUT2D eigenvalue weighted by molar-refractivity contribution is -0.146. The van der Waals surface area contributed by atoms with Gasteiger partial charge < -0.3 is 15.0 Å². The van der Waals surface area contributed by atoms with Crippen LogP contribution in [-0.2, 0) is 14.3 Å². The predicted octanol–water partition coefficient (Wildman–Crippen LogP) is 0.786. The van der Waals surface area contributed by atoms with Crippen LogP contribution in [-0.4, -0.2) is 49.6 Å². The van der Waals surface area contributed by atoms with E-state index in [0.717, 1.165) is 25.9 Å². The standard InChI is InChI=1S/C13H24N2O3/c1-10(13(17)18-3)11(2)14-9-12(16)15-7-5-4-6-8-15/h10-11,14H,4-9H2,1-3H3. The van der Waals surface area contributed by atoms with Gasteiger partial charge in [-0.05, 0) is 26.2 Å². The lowest BCUT2D eigenvalue weighted by atomic mass is 10.0. The van der Waals surface area contributed by atoms with Gasteiger partial charge in [0.25, 0.3) is 0 Å². The lowest BCUT2D eigenvalue weighted by Gasteiger charge is -2.28. The van der Waals surface area contributed by atoms with Gasteiger partial charge in [-0.15, -0.1) is 0 Å². The summed E-state index contributed by atoms with van der Waals surface area (Å²) in [6.07, 6.45) is 3.41. The van der Waals surface area contributed by atoms with Crippen LogP contribution in [0.3, 0.4) is 0 Å². The van der Waals surface area contributed by atoms with E-state index in [9.17, 15) is 9.59 Å². The van der Waals surface area contributed by atoms with Crippen molar-refractivity contribution in [3.05, 3.63) is 0 Å². The first-order chi connectivity index (χ1) is 8.56. The molecule has 1 rings (SSSR count). The summed E-state index contributed by atoms with van der Waals surface area (Å²) in [7, 11) is 1.38. The number of piperidine rings is 1. The highest BCUT2D eigenvalue weighted by Crippen LogP contribution is 2.09. The van der Waals surface area contributed by atoms with Crippen molar-refractivity contribution in [3.8, 4) is 0 Å². The number of esters is 1. The third-order valence-corrected chi connectivity index (χ3v) is 3.61. The fraction of sp³-hybridized carbons (Fsp3) is 0.846. The van der Waals surface area contributed by atoms with Gasteiger partial charge in [-0.2, -0.15) is 0 Å². The molecular weight excluding hydrogens is 232 g/mol. The molecule has 2 atom stereocenters. The van der Waals surface area contributed by atoms with Gasteiger partial charge in [0, 0.05) is 19.1 Å². The normalized spacial score (nSPS) is 19.2. The van der Waals surface area contributed by atoms with Gasteiger partial charge in [0.05, 0.1) is 19.6 Å². The molecule has 0 aromatic heterocycles. The van der Waals surface area contributed by atoms with Gasteiger partial charge in [-0.1, -0.05) is 6.92 Å². The molecule has 1 N–H and O–H groups in total. The number of nitrogens with one attached hydrogen (secondary N) is 1. The van der Waals surface area contributed by atoms with Gasteiger partial charge in [-0.25, -0.2) is 0 Å². The summed E-state index contributed by atoms with van der Waals surface area (Å²) in [4.78, 5) is 25.1. The molecule has 0 aromatic rings. The molecule has 5 nitrogen and oxygen atoms in total. The summed E-state index contributed by atoms with van der Waals surface area (Å²) in [5.74, 6) is -0.372. The summed E-state index contributed by atoms with van der Waals surface area (Å²) < 4.78 is 4.68. The van der Waals surface area contributed by atoms with Crippen LogP contribution >= 0.6 is 0 Å². The number of nitrogens with zero attached hydrogens (tertiary/aromatic N) is 1. The molecule has 1 aliphatic heterocycles. The highest BCUT2D eigenvalue weighted by atomic mass is 16.5. The number of carbonyl (C=O) groups excluding carboxylic acids is 2. The average Bonchev–Trinajstić information content (AvgIpc) is 2.43. The largest absolute Gasteiger partial charge is 0.469 e. The van der Waals surface area contributed by atoms with Crippen molar-refractivity contribution in [1.82, 2.24) is 10.2 Å². The van der Waals surface area contributed by atoms with E-state index in [0.29, 0.717) is 6.54 Å². The van der Waals surface area contributed by atoms with Crippen molar-refractivity contribution >= 4 is 11.9 Å². The lowest BCUT2D eigenvalue weighted by Crippen LogP contribution is -2.45. The molecular formula is C13H24N2O3. The summed E-state index contributed by atoms with van der Waals surface area (Å²) in [5, 5.41) is 3.10. The number of carbonyl (C=O) groups is 2. The number of likely N-dealkylation sites (tertiary alicyclic amines) is 1. The van der Waals surface area contributed by atoms with Crippen molar-refractivity contribution in [1.29, 1.82) is 0 Å². The van der Waals surface area contributed by atoms with E-state index in [1.54, 1.807) is 6.92 Å². The van der Waals surface area contributed by atoms with Crippen LogP contribution in [0.15, 0.2) is 0 Å². The van der Waals surface area contributed by atoms with Crippen LogP contribution < -0.4 is 5.32 Å². The maximum absolute atomic E-state index is 11.9. The molecule has 0 bridgehead atoms. The van der Waals surface area contributed by atoms with E-state index >= 15 is 0 Å². The number of rotatable bonds is 5. The third kappa shape index (κ3) is 4.29. The number of ether oxygens (including phenoxy) is 1. The van der Waals surface area contributed by atoms with Gasteiger partial charge in [0.2, 0.25) is 5.91 Å². The minimum atomic E-state index is -0.250. The van der Waals surface area contributed by atoms with E-state index < -0.39 is 0 Å². The topological polar surface area (TPSA) is 58.6 Å². The Morgan fingerprint density at radius 1 is 1.22 bits per heavy atom. The molecule has 0 saturated carbocycles. The van der Waals surface area contributed by atoms with E-state index in [4.69, 9.17) is 0 Å². The van der Waals surface area contributed by atoms with E-state index in [2.05, 4.69) is 10.1 Å². The van der Waals surface area contributed by atoms with Crippen molar-refractivity contribution in [2.45, 2.75) is 39.2 Å². The van der Waals surface area contributed by atoms with E-state index in [1.807, 2.05) is 11.8 Å². The fourth-order valence-corrected chi connectivity index (χ4v) is 2.07. The molecule has 5 heteroatoms. The third-order valence-electron chi connectivity index (χ3n) is 3.61. The zero-order valence-electron chi connectivity index (χ0n) is 11.6. The van der Waals surface area contributed by atoms with Crippen LogP contribution in [0.1, 0.15) is 33.1 Å². The van der Waals surface area contributed by atoms with Crippen molar-refractivity contribution in [3.63, 3.8) is 0 Å². The monoisotopic (exact) mass is 256 g/mol. The Kier molecular flexibility index (Phi) is 6.12. The maximum Gasteiger partial charge on any atom is 0.309 e. The molecule has 1 heterocycles. The molecule has 0 aromatic carbocycles. The van der Waals surface area contributed by atoms with Crippen LogP contribution in [0.4, 0.5) is 0 Å². The first kappa shape index (κ1) is 15.0. The second kappa shape index (κ2) is 7.36. The minimum absolute atomic E-state index is 0.0637. The molecule has 1 amide bonds. The zero-order chi connectivity index (χ0) is 13.5. The molecule has 2 unspecified atom stereocenters. The fourth-order valence-electron chi connectivity index (χ4n) is 2.07. The molecule has 104 valence electrons. The molecule has 18 heavy (non-hydrogen) atoms. The number of hydrogen-bond donors (Lipinski definition) is 1. The SMILES string of the molecule is COC(=O)C(C)C(C)NCC(=O)N1CCCCC1. The quantitative estimate of drug-likeness (QED) is 0.739. The van der Waals surface area contributed by atoms with Gasteiger partial charge >= 0.3 is 5.97 Å². The Hall–Kier alpha value is -1.10. The second-order valence-corrected chi connectivity index (χ2v) is 4.92. The van der Waals surface area contributed by atoms with Crippen LogP contribution in [0.2, 0.25) is 0 Å². The summed E-state index contributed by atoms with van der Waals surface area (Å²) >= 11 is 0. The summed E-state index contributed by atoms with van der Waals surface area (Å²) in [6, 6.07) is -0.0637. The molecule has 1 fully saturated rings. The number of amides is 1. The maximum atomic E-state index is 11.9. The molecule has 0 aliphatic carbocycles. The predicted molar refractivity (Wildman–Crippen MR) is 69.1 cm³/mol. The Bertz CT molecular complexity index is 288. The molecule has 1 aliphatic rings. The highest BCUT2D eigenvalue weighted by Gasteiger charge is 2.22. The molecule has 0 spiro atoms. The van der Waals surface area contributed by atoms with Crippen molar-refractivity contribution in [2.24, 2.45) is 5.92 Å². The van der Waals surface area contributed by atoms with Gasteiger partial charge in [-0.3, -0.25) is 9.59 Å².